The molecule has 230 valence electrons. The SMILES string of the molecule is CC1CCC(C(=O)N(c2cccc(C(F)(F)F)c2)c2cc(Oc3cccc4ccc(N)nc34)ncn2)N1C(=O)OC(C)(C)C. The van der Waals surface area contributed by atoms with E-state index in [0.717, 1.165) is 28.7 Å². The lowest BCUT2D eigenvalue weighted by molar-refractivity contribution is -0.137. The van der Waals surface area contributed by atoms with Gasteiger partial charge in [0.15, 0.2) is 5.75 Å². The van der Waals surface area contributed by atoms with Crippen molar-refractivity contribution in [1.82, 2.24) is 19.9 Å². The number of carbonyl (C=O) groups is 2. The zero-order chi connectivity index (χ0) is 31.8. The standard InChI is InChI=1S/C31H31F3N6O4/c1-18-11-13-22(39(18)29(42)44-30(2,3)4)28(41)40(21-9-6-8-20(15-21)31(32,33)34)25-16-26(37-17-36-25)43-23-10-5-7-19-12-14-24(35)38-27(19)23/h5-10,12,14-18,22H,11,13H2,1-4H3,(H2,35,38). The van der Waals surface area contributed by atoms with Gasteiger partial charge in [0.1, 0.15) is 35.1 Å². The van der Waals surface area contributed by atoms with Crippen LogP contribution in [0.4, 0.5) is 35.3 Å². The van der Waals surface area contributed by atoms with Gasteiger partial charge in [-0.25, -0.2) is 19.7 Å². The molecule has 0 bridgehead atoms. The van der Waals surface area contributed by atoms with Gasteiger partial charge in [0.25, 0.3) is 5.91 Å². The minimum Gasteiger partial charge on any atom is -0.444 e. The quantitative estimate of drug-likeness (QED) is 0.260. The van der Waals surface area contributed by atoms with E-state index in [-0.39, 0.29) is 35.7 Å². The van der Waals surface area contributed by atoms with E-state index in [0.29, 0.717) is 17.7 Å². The number of benzene rings is 2. The summed E-state index contributed by atoms with van der Waals surface area (Å²) in [5, 5.41) is 0.754. The molecule has 0 spiro atoms. The van der Waals surface area contributed by atoms with Crippen molar-refractivity contribution in [1.29, 1.82) is 0 Å². The maximum atomic E-state index is 14.3. The molecular weight excluding hydrogens is 577 g/mol. The number of para-hydroxylation sites is 1. The molecule has 1 aliphatic rings. The average molecular weight is 609 g/mol. The average Bonchev–Trinajstić information content (AvgIpc) is 3.34. The fourth-order valence-corrected chi connectivity index (χ4v) is 5.03. The van der Waals surface area contributed by atoms with Crippen LogP contribution in [0.1, 0.15) is 46.1 Å². The van der Waals surface area contributed by atoms with Crippen molar-refractivity contribution in [2.75, 3.05) is 10.6 Å². The molecule has 2 atom stereocenters. The molecule has 0 aliphatic carbocycles. The number of alkyl halides is 3. The van der Waals surface area contributed by atoms with Crippen LogP contribution in [0.5, 0.6) is 11.6 Å². The highest BCUT2D eigenvalue weighted by Crippen LogP contribution is 2.37. The van der Waals surface area contributed by atoms with Gasteiger partial charge in [-0.2, -0.15) is 13.2 Å². The Morgan fingerprint density at radius 3 is 2.48 bits per heavy atom. The van der Waals surface area contributed by atoms with E-state index in [9.17, 15) is 22.8 Å². The lowest BCUT2D eigenvalue weighted by Crippen LogP contribution is -2.50. The van der Waals surface area contributed by atoms with Crippen LogP contribution in [-0.4, -0.2) is 49.5 Å². The van der Waals surface area contributed by atoms with Crippen molar-refractivity contribution in [3.63, 3.8) is 0 Å². The highest BCUT2D eigenvalue weighted by molar-refractivity contribution is 6.04. The first-order chi connectivity index (χ1) is 20.7. The number of hydrogen-bond donors (Lipinski definition) is 1. The van der Waals surface area contributed by atoms with E-state index in [4.69, 9.17) is 15.2 Å². The Bertz CT molecular complexity index is 1710. The number of anilines is 3. The molecule has 2 aromatic heterocycles. The number of nitrogens with zero attached hydrogens (tertiary/aromatic N) is 5. The van der Waals surface area contributed by atoms with Gasteiger partial charge < -0.3 is 15.2 Å². The largest absolute Gasteiger partial charge is 0.444 e. The van der Waals surface area contributed by atoms with Gasteiger partial charge in [-0.15, -0.1) is 0 Å². The highest BCUT2D eigenvalue weighted by Gasteiger charge is 2.44. The van der Waals surface area contributed by atoms with Gasteiger partial charge in [-0.05, 0) is 76.9 Å². The number of nitrogens with two attached hydrogens (primary N) is 1. The van der Waals surface area contributed by atoms with Crippen LogP contribution >= 0.6 is 0 Å². The number of pyridine rings is 1. The second-order valence-corrected chi connectivity index (χ2v) is 11.4. The predicted octanol–water partition coefficient (Wildman–Crippen LogP) is 6.87. The third kappa shape index (κ3) is 6.51. The van der Waals surface area contributed by atoms with Crippen molar-refractivity contribution in [2.45, 2.75) is 64.4 Å². The minimum atomic E-state index is -4.67. The summed E-state index contributed by atoms with van der Waals surface area (Å²) in [6, 6.07) is 13.0. The molecule has 1 fully saturated rings. The fourth-order valence-electron chi connectivity index (χ4n) is 5.03. The topological polar surface area (TPSA) is 124 Å². The van der Waals surface area contributed by atoms with Crippen LogP contribution < -0.4 is 15.4 Å². The normalized spacial score (nSPS) is 17.0. The molecule has 2 N–H and O–H groups in total. The van der Waals surface area contributed by atoms with Gasteiger partial charge in [-0.1, -0.05) is 18.2 Å². The third-order valence-electron chi connectivity index (χ3n) is 6.99. The van der Waals surface area contributed by atoms with Crippen LogP contribution in [0.25, 0.3) is 10.9 Å². The second kappa shape index (κ2) is 11.6. The summed E-state index contributed by atoms with van der Waals surface area (Å²) < 4.78 is 52.8. The molecule has 2 aromatic carbocycles. The van der Waals surface area contributed by atoms with Crippen LogP contribution in [0.3, 0.4) is 0 Å². The molecule has 3 heterocycles. The summed E-state index contributed by atoms with van der Waals surface area (Å²) in [4.78, 5) is 42.6. The summed E-state index contributed by atoms with van der Waals surface area (Å²) in [5.41, 5.74) is 4.46. The summed E-state index contributed by atoms with van der Waals surface area (Å²) in [5.74, 6) is -0.129. The molecular formula is C31H31F3N6O4. The molecule has 2 unspecified atom stereocenters. The number of rotatable bonds is 5. The number of likely N-dealkylation sites (tertiary alicyclic amines) is 1. The Morgan fingerprint density at radius 1 is 1.00 bits per heavy atom. The second-order valence-electron chi connectivity index (χ2n) is 11.4. The van der Waals surface area contributed by atoms with Gasteiger partial charge >= 0.3 is 12.3 Å². The van der Waals surface area contributed by atoms with Crippen LogP contribution in [0.15, 0.2) is 67.0 Å². The summed E-state index contributed by atoms with van der Waals surface area (Å²) in [6.45, 7) is 6.91. The fraction of sp³-hybridized carbons (Fsp3) is 0.323. The number of nitrogen functional groups attached to an aromatic ring is 1. The number of hydrogen-bond acceptors (Lipinski definition) is 8. The lowest BCUT2D eigenvalue weighted by Gasteiger charge is -2.33. The van der Waals surface area contributed by atoms with Crippen molar-refractivity contribution in [3.05, 3.63) is 72.6 Å². The van der Waals surface area contributed by atoms with E-state index in [2.05, 4.69) is 15.0 Å². The van der Waals surface area contributed by atoms with Crippen LogP contribution in [-0.2, 0) is 15.7 Å². The van der Waals surface area contributed by atoms with Crippen LogP contribution in [0.2, 0.25) is 0 Å². The molecule has 0 saturated carbocycles. The maximum absolute atomic E-state index is 14.3. The number of ether oxygens (including phenoxy) is 2. The van der Waals surface area contributed by atoms with E-state index in [1.165, 1.54) is 23.1 Å². The van der Waals surface area contributed by atoms with E-state index in [1.807, 2.05) is 6.07 Å². The molecule has 2 amide bonds. The van der Waals surface area contributed by atoms with E-state index < -0.39 is 35.4 Å². The number of carbonyl (C=O) groups excluding carboxylic acids is 2. The summed E-state index contributed by atoms with van der Waals surface area (Å²) in [7, 11) is 0. The van der Waals surface area contributed by atoms with Crippen LogP contribution in [0, 0.1) is 0 Å². The number of fused-ring (bicyclic) bond motifs is 1. The van der Waals surface area contributed by atoms with Crippen molar-refractivity contribution >= 4 is 40.2 Å². The van der Waals surface area contributed by atoms with Gasteiger partial charge in [-0.3, -0.25) is 14.6 Å². The summed E-state index contributed by atoms with van der Waals surface area (Å²) >= 11 is 0. The first kappa shape index (κ1) is 30.5. The Morgan fingerprint density at radius 2 is 1.75 bits per heavy atom. The van der Waals surface area contributed by atoms with E-state index in [1.54, 1.807) is 52.0 Å². The molecule has 5 rings (SSSR count). The lowest BCUT2D eigenvalue weighted by atomic mass is 10.1. The first-order valence-electron chi connectivity index (χ1n) is 13.9. The zero-order valence-corrected chi connectivity index (χ0v) is 24.5. The van der Waals surface area contributed by atoms with Gasteiger partial charge in [0.2, 0.25) is 5.88 Å². The summed E-state index contributed by atoms with van der Waals surface area (Å²) in [6.07, 6.45) is -3.47. The Hall–Kier alpha value is -4.94. The van der Waals surface area contributed by atoms with Gasteiger partial charge in [0, 0.05) is 17.5 Å². The molecule has 10 nitrogen and oxygen atoms in total. The molecule has 1 saturated heterocycles. The first-order valence-corrected chi connectivity index (χ1v) is 13.9. The third-order valence-corrected chi connectivity index (χ3v) is 6.99. The highest BCUT2D eigenvalue weighted by atomic mass is 19.4. The monoisotopic (exact) mass is 608 g/mol. The number of aromatic nitrogens is 3. The molecule has 4 aromatic rings. The van der Waals surface area contributed by atoms with Crippen molar-refractivity contribution in [2.24, 2.45) is 0 Å². The maximum Gasteiger partial charge on any atom is 0.416 e. The number of amides is 2. The van der Waals surface area contributed by atoms with Crippen molar-refractivity contribution in [3.8, 4) is 11.6 Å². The van der Waals surface area contributed by atoms with Gasteiger partial charge in [0.05, 0.1) is 11.3 Å². The smallest absolute Gasteiger partial charge is 0.416 e. The predicted molar refractivity (Wildman–Crippen MR) is 157 cm³/mol. The minimum absolute atomic E-state index is 0.000267. The van der Waals surface area contributed by atoms with Crippen molar-refractivity contribution < 1.29 is 32.2 Å². The molecule has 44 heavy (non-hydrogen) atoms. The Balaban J connectivity index is 1.57. The molecule has 13 heteroatoms. The zero-order valence-electron chi connectivity index (χ0n) is 24.5. The Labute approximate surface area is 251 Å². The molecule has 0 radical (unpaired) electrons. The number of halogens is 3. The Kier molecular flexibility index (Phi) is 8.06. The van der Waals surface area contributed by atoms with E-state index >= 15 is 0 Å². The molecule has 1 aliphatic heterocycles.